The Balaban J connectivity index is 1.63. The van der Waals surface area contributed by atoms with Gasteiger partial charge >= 0.3 is 0 Å². The van der Waals surface area contributed by atoms with Crippen molar-refractivity contribution in [1.29, 1.82) is 0 Å². The highest BCUT2D eigenvalue weighted by molar-refractivity contribution is 5.93. The number of anilines is 1. The van der Waals surface area contributed by atoms with Crippen LogP contribution in [0.1, 0.15) is 43.1 Å². The molecule has 5 heteroatoms. The second-order valence-electron chi connectivity index (χ2n) is 6.17. The van der Waals surface area contributed by atoms with Crippen LogP contribution in [0.5, 0.6) is 0 Å². The van der Waals surface area contributed by atoms with Gasteiger partial charge in [0.05, 0.1) is 5.69 Å². The molecule has 1 heterocycles. The SMILES string of the molecule is CC(NC(=O)c1cc(NN)ccn1)C1CC2CCC1C2. The average Bonchev–Trinajstić information content (AvgIpc) is 3.10. The lowest BCUT2D eigenvalue weighted by Gasteiger charge is -2.28. The van der Waals surface area contributed by atoms with Gasteiger partial charge in [-0.3, -0.25) is 15.6 Å². The summed E-state index contributed by atoms with van der Waals surface area (Å²) in [4.78, 5) is 16.4. The third kappa shape index (κ3) is 2.50. The second kappa shape index (κ2) is 5.40. The van der Waals surface area contributed by atoms with Crippen LogP contribution < -0.4 is 16.6 Å². The molecule has 4 unspecified atom stereocenters. The number of nitrogens with two attached hydrogens (primary N) is 1. The molecule has 5 nitrogen and oxygen atoms in total. The van der Waals surface area contributed by atoms with E-state index in [1.807, 2.05) is 0 Å². The molecule has 0 radical (unpaired) electrons. The van der Waals surface area contributed by atoms with Gasteiger partial charge in [-0.1, -0.05) is 6.42 Å². The molecule has 3 rings (SSSR count). The van der Waals surface area contributed by atoms with Crippen LogP contribution in [-0.2, 0) is 0 Å². The molecule has 108 valence electrons. The van der Waals surface area contributed by atoms with Crippen molar-refractivity contribution in [2.24, 2.45) is 23.6 Å². The molecule has 0 aromatic carbocycles. The van der Waals surface area contributed by atoms with Gasteiger partial charge in [0.2, 0.25) is 0 Å². The van der Waals surface area contributed by atoms with Crippen molar-refractivity contribution in [1.82, 2.24) is 10.3 Å². The van der Waals surface area contributed by atoms with Crippen LogP contribution in [0.3, 0.4) is 0 Å². The highest BCUT2D eigenvalue weighted by Gasteiger charge is 2.42. The quantitative estimate of drug-likeness (QED) is 0.579. The van der Waals surface area contributed by atoms with Gasteiger partial charge in [0, 0.05) is 12.2 Å². The van der Waals surface area contributed by atoms with Gasteiger partial charge in [0.25, 0.3) is 5.91 Å². The van der Waals surface area contributed by atoms with Crippen LogP contribution in [0.4, 0.5) is 5.69 Å². The van der Waals surface area contributed by atoms with E-state index < -0.39 is 0 Å². The largest absolute Gasteiger partial charge is 0.348 e. The van der Waals surface area contributed by atoms with E-state index in [9.17, 15) is 4.79 Å². The third-order valence-corrected chi connectivity index (χ3v) is 4.95. The predicted molar refractivity (Wildman–Crippen MR) is 77.9 cm³/mol. The second-order valence-corrected chi connectivity index (χ2v) is 6.17. The third-order valence-electron chi connectivity index (χ3n) is 4.95. The summed E-state index contributed by atoms with van der Waals surface area (Å²) in [5, 5.41) is 3.10. The maximum absolute atomic E-state index is 12.2. The Hall–Kier alpha value is -1.62. The molecule has 1 aromatic heterocycles. The van der Waals surface area contributed by atoms with E-state index in [4.69, 9.17) is 5.84 Å². The molecular weight excluding hydrogens is 252 g/mol. The minimum Gasteiger partial charge on any atom is -0.348 e. The summed E-state index contributed by atoms with van der Waals surface area (Å²) in [5.74, 6) is 7.57. The first-order chi connectivity index (χ1) is 9.67. The van der Waals surface area contributed by atoms with E-state index in [0.717, 1.165) is 11.8 Å². The number of rotatable bonds is 4. The zero-order valence-electron chi connectivity index (χ0n) is 11.8. The summed E-state index contributed by atoms with van der Waals surface area (Å²) in [6.07, 6.45) is 6.93. The molecule has 0 spiro atoms. The Bertz CT molecular complexity index is 504. The van der Waals surface area contributed by atoms with Crippen LogP contribution in [0.15, 0.2) is 18.3 Å². The number of carbonyl (C=O) groups excluding carboxylic acids is 1. The first-order valence-electron chi connectivity index (χ1n) is 7.41. The molecule has 0 aliphatic heterocycles. The Morgan fingerprint density at radius 3 is 2.95 bits per heavy atom. The van der Waals surface area contributed by atoms with E-state index in [1.165, 1.54) is 25.7 Å². The number of hydrazine groups is 1. The number of fused-ring (bicyclic) bond motifs is 2. The number of hydrogen-bond donors (Lipinski definition) is 3. The maximum atomic E-state index is 12.2. The van der Waals surface area contributed by atoms with Crippen LogP contribution in [0.25, 0.3) is 0 Å². The number of nitrogens with one attached hydrogen (secondary N) is 2. The molecule has 2 saturated carbocycles. The van der Waals surface area contributed by atoms with Gasteiger partial charge < -0.3 is 10.7 Å². The van der Waals surface area contributed by atoms with Crippen molar-refractivity contribution < 1.29 is 4.79 Å². The van der Waals surface area contributed by atoms with Gasteiger partial charge in [-0.15, -0.1) is 0 Å². The topological polar surface area (TPSA) is 80.0 Å². The smallest absolute Gasteiger partial charge is 0.270 e. The monoisotopic (exact) mass is 274 g/mol. The Morgan fingerprint density at radius 1 is 1.45 bits per heavy atom. The first-order valence-corrected chi connectivity index (χ1v) is 7.41. The molecule has 4 N–H and O–H groups in total. The summed E-state index contributed by atoms with van der Waals surface area (Å²) in [6, 6.07) is 3.62. The number of hydrogen-bond acceptors (Lipinski definition) is 4. The van der Waals surface area contributed by atoms with E-state index >= 15 is 0 Å². The summed E-state index contributed by atoms with van der Waals surface area (Å²) in [7, 11) is 0. The van der Waals surface area contributed by atoms with Gasteiger partial charge in [0.1, 0.15) is 5.69 Å². The normalized spacial score (nSPS) is 29.2. The van der Waals surface area contributed by atoms with Crippen LogP contribution in [-0.4, -0.2) is 16.9 Å². The van der Waals surface area contributed by atoms with Crippen LogP contribution in [0, 0.1) is 17.8 Å². The number of aromatic nitrogens is 1. The van der Waals surface area contributed by atoms with Gasteiger partial charge in [-0.05, 0) is 56.1 Å². The van der Waals surface area contributed by atoms with Crippen molar-refractivity contribution >= 4 is 11.6 Å². The lowest BCUT2D eigenvalue weighted by Crippen LogP contribution is -2.40. The van der Waals surface area contributed by atoms with E-state index in [-0.39, 0.29) is 11.9 Å². The van der Waals surface area contributed by atoms with E-state index in [0.29, 0.717) is 17.3 Å². The van der Waals surface area contributed by atoms with Gasteiger partial charge in [-0.25, -0.2) is 0 Å². The minimum atomic E-state index is -0.114. The fraction of sp³-hybridized carbons (Fsp3) is 0.600. The summed E-state index contributed by atoms with van der Waals surface area (Å²) < 4.78 is 0. The van der Waals surface area contributed by atoms with Crippen molar-refractivity contribution in [2.45, 2.75) is 38.6 Å². The highest BCUT2D eigenvalue weighted by atomic mass is 16.1. The molecule has 0 saturated heterocycles. The van der Waals surface area contributed by atoms with Gasteiger partial charge in [0.15, 0.2) is 0 Å². The van der Waals surface area contributed by atoms with Crippen molar-refractivity contribution in [3.63, 3.8) is 0 Å². The molecule has 1 amide bonds. The first kappa shape index (κ1) is 13.4. The fourth-order valence-corrected chi connectivity index (χ4v) is 3.94. The summed E-state index contributed by atoms with van der Waals surface area (Å²) >= 11 is 0. The lowest BCUT2D eigenvalue weighted by molar-refractivity contribution is 0.0910. The minimum absolute atomic E-state index is 0.114. The molecule has 2 fully saturated rings. The predicted octanol–water partition coefficient (Wildman–Crippen LogP) is 1.92. The fourth-order valence-electron chi connectivity index (χ4n) is 3.94. The molecule has 2 aliphatic rings. The van der Waals surface area contributed by atoms with E-state index in [1.54, 1.807) is 18.3 Å². The Labute approximate surface area is 119 Å². The van der Waals surface area contributed by atoms with Gasteiger partial charge in [-0.2, -0.15) is 0 Å². The molecule has 2 aliphatic carbocycles. The Kier molecular flexibility index (Phi) is 3.61. The zero-order chi connectivity index (χ0) is 14.1. The average molecular weight is 274 g/mol. The number of nitrogen functional groups attached to an aromatic ring is 1. The van der Waals surface area contributed by atoms with Crippen molar-refractivity contribution in [3.8, 4) is 0 Å². The Morgan fingerprint density at radius 2 is 2.30 bits per heavy atom. The van der Waals surface area contributed by atoms with E-state index in [2.05, 4.69) is 22.7 Å². The summed E-state index contributed by atoms with van der Waals surface area (Å²) in [6.45, 7) is 2.12. The van der Waals surface area contributed by atoms with Crippen LogP contribution in [0.2, 0.25) is 0 Å². The van der Waals surface area contributed by atoms with Crippen molar-refractivity contribution in [2.75, 3.05) is 5.43 Å². The number of carbonyl (C=O) groups is 1. The lowest BCUT2D eigenvalue weighted by atomic mass is 9.84. The molecule has 2 bridgehead atoms. The molecule has 20 heavy (non-hydrogen) atoms. The molecule has 1 aromatic rings. The molecule has 4 atom stereocenters. The number of amides is 1. The zero-order valence-corrected chi connectivity index (χ0v) is 11.8. The molecular formula is C15H22N4O. The highest BCUT2D eigenvalue weighted by Crippen LogP contribution is 2.49. The summed E-state index contributed by atoms with van der Waals surface area (Å²) in [5.41, 5.74) is 3.64. The van der Waals surface area contributed by atoms with Crippen LogP contribution >= 0.6 is 0 Å². The number of nitrogens with zero attached hydrogens (tertiary/aromatic N) is 1. The number of pyridine rings is 1. The standard InChI is InChI=1S/C15H22N4O/c1-9(13-7-10-2-3-11(13)6-10)18-15(20)14-8-12(19-16)4-5-17-14/h4-5,8-11,13H,2-3,6-7,16H2,1H3,(H,17,19)(H,18,20). The maximum Gasteiger partial charge on any atom is 0.270 e. The van der Waals surface area contributed by atoms with Crippen molar-refractivity contribution in [3.05, 3.63) is 24.0 Å².